The molecule has 1 aliphatic heterocycles. The summed E-state index contributed by atoms with van der Waals surface area (Å²) < 4.78 is 28.2. The molecule has 0 spiro atoms. The summed E-state index contributed by atoms with van der Waals surface area (Å²) in [6.07, 6.45) is 2.46. The highest BCUT2D eigenvalue weighted by Crippen LogP contribution is 2.32. The highest BCUT2D eigenvalue weighted by Gasteiger charge is 2.36. The Kier molecular flexibility index (Phi) is 10.6. The molecule has 2 aromatic rings. The van der Waals surface area contributed by atoms with Crippen molar-refractivity contribution >= 4 is 12.0 Å². The van der Waals surface area contributed by atoms with Crippen LogP contribution in [0.1, 0.15) is 57.6 Å². The number of ether oxygens (including phenoxy) is 5. The lowest BCUT2D eigenvalue weighted by atomic mass is 9.84. The molecule has 2 amide bonds. The zero-order valence-corrected chi connectivity index (χ0v) is 25.9. The first-order chi connectivity index (χ1) is 20.1. The number of nitrogens with zero attached hydrogens (tertiary/aromatic N) is 2. The summed E-state index contributed by atoms with van der Waals surface area (Å²) in [5, 5.41) is 0. The Bertz CT molecular complexity index is 1190. The van der Waals surface area contributed by atoms with Crippen LogP contribution in [0.25, 0.3) is 0 Å². The third-order valence-electron chi connectivity index (χ3n) is 7.87. The molecule has 0 N–H and O–H groups in total. The predicted molar refractivity (Wildman–Crippen MR) is 160 cm³/mol. The predicted octanol–water partition coefficient (Wildman–Crippen LogP) is 5.61. The summed E-state index contributed by atoms with van der Waals surface area (Å²) in [5.74, 6) is 2.43. The number of morpholine rings is 1. The Labute approximate surface area is 250 Å². The maximum Gasteiger partial charge on any atom is 0.410 e. The highest BCUT2D eigenvalue weighted by atomic mass is 16.6. The Balaban J connectivity index is 1.33. The lowest BCUT2D eigenvalue weighted by Crippen LogP contribution is -2.51. The Hall–Kier alpha value is -3.46. The van der Waals surface area contributed by atoms with Gasteiger partial charge in [0.2, 0.25) is 5.91 Å². The van der Waals surface area contributed by atoms with Crippen molar-refractivity contribution in [2.45, 2.75) is 77.7 Å². The molecule has 1 atom stereocenters. The van der Waals surface area contributed by atoms with Crippen molar-refractivity contribution in [3.8, 4) is 17.2 Å². The van der Waals surface area contributed by atoms with E-state index < -0.39 is 5.60 Å². The topological polar surface area (TPSA) is 86.8 Å². The fourth-order valence-electron chi connectivity index (χ4n) is 5.67. The van der Waals surface area contributed by atoms with Crippen LogP contribution in [-0.2, 0) is 20.8 Å². The molecule has 9 nitrogen and oxygen atoms in total. The van der Waals surface area contributed by atoms with E-state index in [2.05, 4.69) is 6.07 Å². The third kappa shape index (κ3) is 8.53. The molecule has 1 heterocycles. The Morgan fingerprint density at radius 1 is 0.976 bits per heavy atom. The number of rotatable bonds is 9. The summed E-state index contributed by atoms with van der Waals surface area (Å²) in [4.78, 5) is 30.6. The summed E-state index contributed by atoms with van der Waals surface area (Å²) in [5.41, 5.74) is 1.45. The van der Waals surface area contributed by atoms with Crippen LogP contribution in [-0.4, -0.2) is 80.1 Å². The van der Waals surface area contributed by atoms with E-state index in [0.29, 0.717) is 32.8 Å². The van der Waals surface area contributed by atoms with Gasteiger partial charge in [0.15, 0.2) is 0 Å². The molecule has 2 aromatic carbocycles. The van der Waals surface area contributed by atoms with Gasteiger partial charge in [0, 0.05) is 25.0 Å². The zero-order valence-electron chi connectivity index (χ0n) is 25.9. The summed E-state index contributed by atoms with van der Waals surface area (Å²) in [6.45, 7) is 10.1. The molecule has 0 radical (unpaired) electrons. The number of amides is 2. The molecule has 4 rings (SSSR count). The average Bonchev–Trinajstić information content (AvgIpc) is 2.98. The van der Waals surface area contributed by atoms with E-state index >= 15 is 0 Å². The van der Waals surface area contributed by atoms with Crippen molar-refractivity contribution in [1.82, 2.24) is 9.80 Å². The molecule has 1 saturated heterocycles. The molecule has 1 saturated carbocycles. The second-order valence-electron chi connectivity index (χ2n) is 12.2. The monoisotopic (exact) mass is 582 g/mol. The zero-order chi connectivity index (χ0) is 30.3. The quantitative estimate of drug-likeness (QED) is 0.380. The second kappa shape index (κ2) is 14.1. The largest absolute Gasteiger partial charge is 0.497 e. The number of carbonyl (C=O) groups is 2. The van der Waals surface area contributed by atoms with Crippen LogP contribution in [0.5, 0.6) is 17.2 Å². The van der Waals surface area contributed by atoms with Crippen LogP contribution >= 0.6 is 0 Å². The van der Waals surface area contributed by atoms with E-state index in [1.807, 2.05) is 73.9 Å². The maximum atomic E-state index is 13.5. The summed E-state index contributed by atoms with van der Waals surface area (Å²) in [6, 6.07) is 13.4. The first kappa shape index (κ1) is 31.5. The van der Waals surface area contributed by atoms with Crippen LogP contribution in [0, 0.1) is 12.8 Å². The SMILES string of the molecule is COc1ccc(OC[C@@H]2CN(C(=O)C3CCC(N(Cc4ccc(OC)c(C)c4)C(=O)OC(C)(C)C)CC3)CCO2)cc1. The van der Waals surface area contributed by atoms with E-state index in [1.54, 1.807) is 14.2 Å². The van der Waals surface area contributed by atoms with Crippen LogP contribution in [0.2, 0.25) is 0 Å². The Morgan fingerprint density at radius 2 is 1.67 bits per heavy atom. The van der Waals surface area contributed by atoms with Crippen molar-refractivity contribution in [3.63, 3.8) is 0 Å². The van der Waals surface area contributed by atoms with Crippen molar-refractivity contribution in [1.29, 1.82) is 0 Å². The van der Waals surface area contributed by atoms with E-state index in [4.69, 9.17) is 23.7 Å². The minimum absolute atomic E-state index is 0.00152. The first-order valence-corrected chi connectivity index (χ1v) is 14.9. The molecule has 1 aliphatic carbocycles. The number of aryl methyl sites for hydroxylation is 1. The minimum Gasteiger partial charge on any atom is -0.497 e. The van der Waals surface area contributed by atoms with Gasteiger partial charge in [-0.15, -0.1) is 0 Å². The Morgan fingerprint density at radius 3 is 2.29 bits per heavy atom. The van der Waals surface area contributed by atoms with Crippen LogP contribution in [0.3, 0.4) is 0 Å². The molecule has 230 valence electrons. The molecule has 42 heavy (non-hydrogen) atoms. The average molecular weight is 583 g/mol. The molecule has 2 aliphatic rings. The minimum atomic E-state index is -0.595. The van der Waals surface area contributed by atoms with Gasteiger partial charge in [-0.1, -0.05) is 12.1 Å². The molecule has 9 heteroatoms. The fraction of sp³-hybridized carbons (Fsp3) is 0.576. The lowest BCUT2D eigenvalue weighted by Gasteiger charge is -2.39. The maximum absolute atomic E-state index is 13.5. The number of methoxy groups -OCH3 is 2. The standard InChI is InChI=1S/C33H46N2O7/c1-23-19-24(7-16-30(23)39-6)20-35(32(37)42-33(2,3)4)26-10-8-25(9-11-26)31(36)34-17-18-40-29(21-34)22-41-28-14-12-27(38-5)13-15-28/h7,12-16,19,25-26,29H,8-11,17-18,20-22H2,1-6H3/t25?,26?,29-/m0/s1. The van der Waals surface area contributed by atoms with Crippen molar-refractivity contribution < 1.29 is 33.3 Å². The van der Waals surface area contributed by atoms with Gasteiger partial charge in [-0.2, -0.15) is 0 Å². The van der Waals surface area contributed by atoms with Gasteiger partial charge in [0.25, 0.3) is 0 Å². The van der Waals surface area contributed by atoms with Crippen LogP contribution in [0.15, 0.2) is 42.5 Å². The van der Waals surface area contributed by atoms with Gasteiger partial charge in [-0.05, 0) is 94.8 Å². The van der Waals surface area contributed by atoms with Gasteiger partial charge >= 0.3 is 6.09 Å². The smallest absolute Gasteiger partial charge is 0.410 e. The number of carbonyl (C=O) groups excluding carboxylic acids is 2. The molecule has 0 aromatic heterocycles. The summed E-state index contributed by atoms with van der Waals surface area (Å²) >= 11 is 0. The number of benzene rings is 2. The molecule has 2 fully saturated rings. The van der Waals surface area contributed by atoms with E-state index in [1.165, 1.54) is 0 Å². The first-order valence-electron chi connectivity index (χ1n) is 14.9. The van der Waals surface area contributed by atoms with Crippen LogP contribution in [0.4, 0.5) is 4.79 Å². The molecular weight excluding hydrogens is 536 g/mol. The second-order valence-corrected chi connectivity index (χ2v) is 12.2. The number of hydrogen-bond donors (Lipinski definition) is 0. The van der Waals surface area contributed by atoms with E-state index in [-0.39, 0.29) is 30.1 Å². The highest BCUT2D eigenvalue weighted by molar-refractivity contribution is 5.79. The van der Waals surface area contributed by atoms with Crippen LogP contribution < -0.4 is 14.2 Å². The summed E-state index contributed by atoms with van der Waals surface area (Å²) in [7, 11) is 3.28. The fourth-order valence-corrected chi connectivity index (χ4v) is 5.67. The van der Waals surface area contributed by atoms with Crippen molar-refractivity contribution in [3.05, 3.63) is 53.6 Å². The normalized spacial score (nSPS) is 20.9. The number of hydrogen-bond acceptors (Lipinski definition) is 7. The van der Waals surface area contributed by atoms with Gasteiger partial charge in [-0.25, -0.2) is 4.79 Å². The van der Waals surface area contributed by atoms with E-state index in [9.17, 15) is 9.59 Å². The lowest BCUT2D eigenvalue weighted by molar-refractivity contribution is -0.145. The van der Waals surface area contributed by atoms with E-state index in [0.717, 1.165) is 54.1 Å². The molecular formula is C33H46N2O7. The van der Waals surface area contributed by atoms with Gasteiger partial charge in [0.05, 0.1) is 27.4 Å². The molecule has 0 unspecified atom stereocenters. The third-order valence-corrected chi connectivity index (χ3v) is 7.87. The molecule has 0 bridgehead atoms. The van der Waals surface area contributed by atoms with Gasteiger partial charge in [0.1, 0.15) is 35.6 Å². The van der Waals surface area contributed by atoms with Gasteiger partial charge in [-0.3, -0.25) is 4.79 Å². The van der Waals surface area contributed by atoms with Crippen molar-refractivity contribution in [2.75, 3.05) is 40.5 Å². The van der Waals surface area contributed by atoms with Crippen molar-refractivity contribution in [2.24, 2.45) is 5.92 Å². The van der Waals surface area contributed by atoms with Gasteiger partial charge < -0.3 is 33.5 Å².